The van der Waals surface area contributed by atoms with E-state index in [4.69, 9.17) is 9.15 Å². The zero-order valence-corrected chi connectivity index (χ0v) is 12.9. The Morgan fingerprint density at radius 3 is 3.00 bits per heavy atom. The lowest BCUT2D eigenvalue weighted by Gasteiger charge is -2.36. The smallest absolute Gasteiger partial charge is 0.290 e. The largest absolute Gasteiger partial charge is 0.444 e. The van der Waals surface area contributed by atoms with Crippen LogP contribution in [0.15, 0.2) is 15.2 Å². The Hall–Kier alpha value is -0.560. The highest BCUT2D eigenvalue weighted by molar-refractivity contribution is 9.10. The molecule has 1 N–H and O–H groups in total. The van der Waals surface area contributed by atoms with Gasteiger partial charge in [-0.2, -0.15) is 0 Å². The van der Waals surface area contributed by atoms with Crippen LogP contribution in [0, 0.1) is 6.92 Å². The minimum Gasteiger partial charge on any atom is -0.444 e. The molecule has 2 aliphatic rings. The molecular formula is C12H16BrClN2O3. The molecule has 1 amide bonds. The number of hydrogen-bond acceptors (Lipinski definition) is 4. The van der Waals surface area contributed by atoms with Crippen LogP contribution in [0.3, 0.4) is 0 Å². The predicted molar refractivity (Wildman–Crippen MR) is 75.8 cm³/mol. The number of nitrogens with zero attached hydrogens (tertiary/aromatic N) is 1. The van der Waals surface area contributed by atoms with E-state index in [1.54, 1.807) is 0 Å². The average molecular weight is 352 g/mol. The fraction of sp³-hybridized carbons (Fsp3) is 0.583. The number of ether oxygens (including phenoxy) is 1. The van der Waals surface area contributed by atoms with Crippen molar-refractivity contribution < 1.29 is 13.9 Å². The van der Waals surface area contributed by atoms with E-state index < -0.39 is 0 Å². The van der Waals surface area contributed by atoms with E-state index in [0.29, 0.717) is 23.6 Å². The maximum absolute atomic E-state index is 12.5. The van der Waals surface area contributed by atoms with Crippen molar-refractivity contribution in [1.82, 2.24) is 10.2 Å². The van der Waals surface area contributed by atoms with Crippen LogP contribution in [0.1, 0.15) is 16.1 Å². The number of fused-ring (bicyclic) bond motifs is 1. The zero-order chi connectivity index (χ0) is 12.7. The Morgan fingerprint density at radius 2 is 2.32 bits per heavy atom. The summed E-state index contributed by atoms with van der Waals surface area (Å²) in [6.07, 6.45) is 0.112. The van der Waals surface area contributed by atoms with Crippen LogP contribution < -0.4 is 5.32 Å². The molecule has 3 rings (SSSR count). The van der Waals surface area contributed by atoms with Crippen LogP contribution in [0.5, 0.6) is 0 Å². The van der Waals surface area contributed by atoms with Gasteiger partial charge in [0.1, 0.15) is 0 Å². The Bertz CT molecular complexity index is 480. The SMILES string of the molecule is Cc1cc(Br)oc1C(=O)N1CCO[C@H]2CNC[C@H]21.Cl. The Balaban J connectivity index is 0.00000133. The molecule has 2 aliphatic heterocycles. The summed E-state index contributed by atoms with van der Waals surface area (Å²) in [5.74, 6) is 0.384. The van der Waals surface area contributed by atoms with Crippen molar-refractivity contribution in [1.29, 1.82) is 0 Å². The van der Waals surface area contributed by atoms with Gasteiger partial charge in [-0.25, -0.2) is 0 Å². The number of halogens is 2. The summed E-state index contributed by atoms with van der Waals surface area (Å²) in [7, 11) is 0. The van der Waals surface area contributed by atoms with E-state index in [1.165, 1.54) is 0 Å². The average Bonchev–Trinajstić information content (AvgIpc) is 2.94. The number of morpholine rings is 1. The van der Waals surface area contributed by atoms with Gasteiger partial charge >= 0.3 is 0 Å². The molecule has 2 atom stereocenters. The summed E-state index contributed by atoms with van der Waals surface area (Å²) in [4.78, 5) is 14.4. The number of nitrogens with one attached hydrogen (secondary N) is 1. The van der Waals surface area contributed by atoms with Crippen LogP contribution >= 0.6 is 28.3 Å². The third-order valence-electron chi connectivity index (χ3n) is 3.54. The number of carbonyl (C=O) groups excluding carboxylic acids is 1. The molecule has 1 aromatic rings. The normalized spacial score (nSPS) is 25.9. The molecule has 0 saturated carbocycles. The molecule has 1 aromatic heterocycles. The van der Waals surface area contributed by atoms with Crippen LogP contribution in [0.25, 0.3) is 0 Å². The number of aryl methyl sites for hydroxylation is 1. The zero-order valence-electron chi connectivity index (χ0n) is 10.5. The minimum absolute atomic E-state index is 0. The predicted octanol–water partition coefficient (Wildman–Crippen LogP) is 1.59. The molecule has 0 radical (unpaired) electrons. The van der Waals surface area contributed by atoms with Gasteiger partial charge in [0.2, 0.25) is 0 Å². The van der Waals surface area contributed by atoms with Gasteiger partial charge in [0.15, 0.2) is 10.4 Å². The maximum Gasteiger partial charge on any atom is 0.290 e. The minimum atomic E-state index is -0.0415. The number of furan rings is 1. The molecule has 19 heavy (non-hydrogen) atoms. The number of amides is 1. The Morgan fingerprint density at radius 1 is 1.53 bits per heavy atom. The molecule has 0 spiro atoms. The van der Waals surface area contributed by atoms with Gasteiger partial charge in [0.25, 0.3) is 5.91 Å². The Labute approximate surface area is 126 Å². The first kappa shape index (κ1) is 14.8. The molecule has 7 heteroatoms. The van der Waals surface area contributed by atoms with E-state index in [1.807, 2.05) is 17.9 Å². The van der Waals surface area contributed by atoms with Gasteiger partial charge in [0.05, 0.1) is 18.8 Å². The maximum atomic E-state index is 12.5. The van der Waals surface area contributed by atoms with E-state index in [0.717, 1.165) is 18.7 Å². The van der Waals surface area contributed by atoms with E-state index in [-0.39, 0.29) is 30.5 Å². The van der Waals surface area contributed by atoms with Gasteiger partial charge < -0.3 is 19.4 Å². The standard InChI is InChI=1S/C12H15BrN2O3.ClH/c1-7-4-10(13)18-11(7)12(16)15-2-3-17-9-6-14-5-8(9)15;/h4,8-9,14H,2-3,5-6H2,1H3;1H/t8-,9+;/m1./s1. The summed E-state index contributed by atoms with van der Waals surface area (Å²) in [5, 5.41) is 3.26. The van der Waals surface area contributed by atoms with Crippen LogP contribution in [-0.2, 0) is 4.74 Å². The summed E-state index contributed by atoms with van der Waals surface area (Å²) in [6, 6.07) is 1.94. The molecule has 5 nitrogen and oxygen atoms in total. The van der Waals surface area contributed by atoms with E-state index in [2.05, 4.69) is 21.2 Å². The topological polar surface area (TPSA) is 54.7 Å². The molecule has 0 bridgehead atoms. The van der Waals surface area contributed by atoms with Crippen LogP contribution in [-0.4, -0.2) is 49.2 Å². The van der Waals surface area contributed by atoms with Crippen molar-refractivity contribution in [2.75, 3.05) is 26.2 Å². The summed E-state index contributed by atoms with van der Waals surface area (Å²) in [6.45, 7) is 4.70. The quantitative estimate of drug-likeness (QED) is 0.835. The lowest BCUT2D eigenvalue weighted by molar-refractivity contribution is -0.0375. The van der Waals surface area contributed by atoms with Gasteiger partial charge in [-0.05, 0) is 28.9 Å². The highest BCUT2D eigenvalue weighted by Crippen LogP contribution is 2.25. The van der Waals surface area contributed by atoms with Crippen molar-refractivity contribution in [3.63, 3.8) is 0 Å². The molecule has 0 unspecified atom stereocenters. The molecule has 3 heterocycles. The highest BCUT2D eigenvalue weighted by atomic mass is 79.9. The summed E-state index contributed by atoms with van der Waals surface area (Å²) >= 11 is 3.26. The molecule has 106 valence electrons. The second kappa shape index (κ2) is 5.83. The second-order valence-corrected chi connectivity index (χ2v) is 5.48. The van der Waals surface area contributed by atoms with Gasteiger partial charge in [-0.15, -0.1) is 12.4 Å². The first-order valence-corrected chi connectivity index (χ1v) is 6.85. The van der Waals surface area contributed by atoms with Crippen molar-refractivity contribution >= 4 is 34.2 Å². The highest BCUT2D eigenvalue weighted by Gasteiger charge is 2.39. The van der Waals surface area contributed by atoms with Crippen LogP contribution in [0.2, 0.25) is 0 Å². The lowest BCUT2D eigenvalue weighted by atomic mass is 10.1. The Kier molecular flexibility index (Phi) is 4.55. The molecule has 2 fully saturated rings. The second-order valence-electron chi connectivity index (χ2n) is 4.70. The van der Waals surface area contributed by atoms with E-state index in [9.17, 15) is 4.79 Å². The van der Waals surface area contributed by atoms with Crippen molar-refractivity contribution in [3.8, 4) is 0 Å². The van der Waals surface area contributed by atoms with E-state index >= 15 is 0 Å². The fourth-order valence-electron chi connectivity index (χ4n) is 2.63. The molecular weight excluding hydrogens is 336 g/mol. The van der Waals surface area contributed by atoms with Gasteiger partial charge in [0, 0.05) is 25.2 Å². The van der Waals surface area contributed by atoms with Crippen LogP contribution in [0.4, 0.5) is 0 Å². The molecule has 2 saturated heterocycles. The molecule has 0 aliphatic carbocycles. The van der Waals surface area contributed by atoms with Crippen molar-refractivity contribution in [2.45, 2.75) is 19.1 Å². The summed E-state index contributed by atoms with van der Waals surface area (Å²) in [5.41, 5.74) is 0.862. The van der Waals surface area contributed by atoms with Gasteiger partial charge in [-0.1, -0.05) is 0 Å². The fourth-order valence-corrected chi connectivity index (χ4v) is 3.13. The number of hydrogen-bond donors (Lipinski definition) is 1. The summed E-state index contributed by atoms with van der Waals surface area (Å²) < 4.78 is 11.7. The van der Waals surface area contributed by atoms with Crippen molar-refractivity contribution in [2.24, 2.45) is 0 Å². The third-order valence-corrected chi connectivity index (χ3v) is 3.93. The first-order chi connectivity index (χ1) is 8.66. The molecule has 0 aromatic carbocycles. The third kappa shape index (κ3) is 2.67. The number of rotatable bonds is 1. The van der Waals surface area contributed by atoms with Crippen molar-refractivity contribution in [3.05, 3.63) is 22.1 Å². The van der Waals surface area contributed by atoms with Gasteiger partial charge in [-0.3, -0.25) is 4.79 Å². The monoisotopic (exact) mass is 350 g/mol. The number of carbonyl (C=O) groups is 1. The lowest BCUT2D eigenvalue weighted by Crippen LogP contribution is -2.53. The first-order valence-electron chi connectivity index (χ1n) is 6.06.